The molecule has 3 aromatic rings. The van der Waals surface area contributed by atoms with Crippen LogP contribution in [0, 0.1) is 19.7 Å². The fraction of sp³-hybridized carbons (Fsp3) is 0.348. The van der Waals surface area contributed by atoms with Gasteiger partial charge in [0.2, 0.25) is 0 Å². The molecule has 5 nitrogen and oxygen atoms in total. The van der Waals surface area contributed by atoms with Crippen molar-refractivity contribution in [1.82, 2.24) is 10.3 Å². The summed E-state index contributed by atoms with van der Waals surface area (Å²) < 4.78 is 18.9. The molecule has 6 heteroatoms. The van der Waals surface area contributed by atoms with Gasteiger partial charge in [0.15, 0.2) is 0 Å². The highest BCUT2D eigenvalue weighted by Crippen LogP contribution is 2.22. The third kappa shape index (κ3) is 4.18. The first-order chi connectivity index (χ1) is 14.0. The molecule has 3 N–H and O–H groups in total. The number of H-pyrrole nitrogens is 1. The van der Waals surface area contributed by atoms with Gasteiger partial charge in [-0.05, 0) is 49.7 Å². The number of hydrogen-bond donors (Lipinski definition) is 3. The minimum atomic E-state index is -0.251. The first kappa shape index (κ1) is 19.6. The highest BCUT2D eigenvalue weighted by atomic mass is 19.1. The number of aryl methyl sites for hydroxylation is 2. The van der Waals surface area contributed by atoms with E-state index in [2.05, 4.69) is 17.2 Å². The van der Waals surface area contributed by atoms with Crippen molar-refractivity contribution in [3.63, 3.8) is 0 Å². The first-order valence-electron chi connectivity index (χ1n) is 10.1. The summed E-state index contributed by atoms with van der Waals surface area (Å²) in [6.45, 7) is 7.71. The number of nitrogens with one attached hydrogen (secondary N) is 3. The van der Waals surface area contributed by atoms with Crippen LogP contribution in [-0.4, -0.2) is 43.7 Å². The lowest BCUT2D eigenvalue weighted by atomic mass is 10.0. The maximum atomic E-state index is 13.4. The molecule has 0 radical (unpaired) electrons. The third-order valence-corrected chi connectivity index (χ3v) is 5.94. The highest BCUT2D eigenvalue weighted by Gasteiger charge is 2.27. The van der Waals surface area contributed by atoms with Gasteiger partial charge in [-0.1, -0.05) is 12.1 Å². The van der Waals surface area contributed by atoms with Crippen LogP contribution in [0.3, 0.4) is 0 Å². The number of aromatic amines is 1. The monoisotopic (exact) mass is 396 g/mol. The molecule has 2 heterocycles. The van der Waals surface area contributed by atoms with Crippen LogP contribution >= 0.6 is 0 Å². The highest BCUT2D eigenvalue weighted by molar-refractivity contribution is 5.99. The number of amides is 1. The quantitative estimate of drug-likeness (QED) is 0.620. The number of quaternary nitrogens is 1. The molecule has 1 aromatic heterocycles. The maximum absolute atomic E-state index is 13.4. The molecule has 152 valence electrons. The zero-order valence-electron chi connectivity index (χ0n) is 16.8. The van der Waals surface area contributed by atoms with E-state index in [4.69, 9.17) is 4.74 Å². The second-order valence-corrected chi connectivity index (χ2v) is 7.72. The van der Waals surface area contributed by atoms with Crippen molar-refractivity contribution < 1.29 is 18.8 Å². The molecule has 2 aromatic carbocycles. The molecule has 29 heavy (non-hydrogen) atoms. The van der Waals surface area contributed by atoms with E-state index in [1.54, 1.807) is 0 Å². The fourth-order valence-corrected chi connectivity index (χ4v) is 4.07. The van der Waals surface area contributed by atoms with Crippen molar-refractivity contribution in [2.75, 3.05) is 32.8 Å². The minimum Gasteiger partial charge on any atom is -0.370 e. The van der Waals surface area contributed by atoms with Crippen molar-refractivity contribution in [1.29, 1.82) is 0 Å². The smallest absolute Gasteiger partial charge is 0.251 e. The number of benzene rings is 2. The number of rotatable bonds is 5. The largest absolute Gasteiger partial charge is 0.370 e. The number of fused-ring (bicyclic) bond motifs is 1. The van der Waals surface area contributed by atoms with E-state index < -0.39 is 0 Å². The van der Waals surface area contributed by atoms with Gasteiger partial charge < -0.3 is 19.9 Å². The number of aromatic nitrogens is 1. The summed E-state index contributed by atoms with van der Waals surface area (Å²) in [5.74, 6) is -0.344. The molecule has 1 amide bonds. The van der Waals surface area contributed by atoms with E-state index >= 15 is 0 Å². The molecule has 0 spiro atoms. The van der Waals surface area contributed by atoms with Crippen LogP contribution in [0.1, 0.15) is 33.2 Å². The second-order valence-electron chi connectivity index (χ2n) is 7.72. The van der Waals surface area contributed by atoms with Gasteiger partial charge in [-0.15, -0.1) is 0 Å². The van der Waals surface area contributed by atoms with Gasteiger partial charge in [0.05, 0.1) is 19.8 Å². The molecule has 1 saturated heterocycles. The normalized spacial score (nSPS) is 16.1. The number of carbonyl (C=O) groups is 1. The summed E-state index contributed by atoms with van der Waals surface area (Å²) in [6, 6.07) is 12.4. The Kier molecular flexibility index (Phi) is 5.65. The van der Waals surface area contributed by atoms with Gasteiger partial charge in [-0.3, -0.25) is 4.79 Å². The molecule has 0 bridgehead atoms. The third-order valence-electron chi connectivity index (χ3n) is 5.94. The molecular formula is C23H27FN3O2+. The fourth-order valence-electron chi connectivity index (χ4n) is 4.07. The van der Waals surface area contributed by atoms with E-state index in [9.17, 15) is 9.18 Å². The van der Waals surface area contributed by atoms with Gasteiger partial charge >= 0.3 is 0 Å². The van der Waals surface area contributed by atoms with Crippen LogP contribution in [0.4, 0.5) is 4.39 Å². The van der Waals surface area contributed by atoms with Crippen molar-refractivity contribution in [2.45, 2.75) is 19.9 Å². The molecule has 4 rings (SSSR count). The Hall–Kier alpha value is -2.70. The molecule has 1 atom stereocenters. The number of hydrogen-bond acceptors (Lipinski definition) is 2. The number of carbonyl (C=O) groups excluding carboxylic acids is 1. The van der Waals surface area contributed by atoms with Crippen LogP contribution in [0.25, 0.3) is 10.9 Å². The Bertz CT molecular complexity index is 1010. The SMILES string of the molecule is Cc1[nH]c2ccc(C(=O)NC[C@@H](c3ccc(F)cc3)[NH+]3CCOCC3)cc2c1C. The van der Waals surface area contributed by atoms with E-state index in [-0.39, 0.29) is 17.8 Å². The summed E-state index contributed by atoms with van der Waals surface area (Å²) in [7, 11) is 0. The zero-order valence-corrected chi connectivity index (χ0v) is 16.8. The van der Waals surface area contributed by atoms with Crippen molar-refractivity contribution in [3.05, 3.63) is 70.7 Å². The Morgan fingerprint density at radius 1 is 1.17 bits per heavy atom. The van der Waals surface area contributed by atoms with Crippen LogP contribution in [0.2, 0.25) is 0 Å². The van der Waals surface area contributed by atoms with E-state index in [1.165, 1.54) is 17.0 Å². The standard InChI is InChI=1S/C23H26FN3O2/c1-15-16(2)26-21-8-5-18(13-20(15)21)23(28)25-14-22(27-9-11-29-12-10-27)17-3-6-19(24)7-4-17/h3-8,13,22,26H,9-12,14H2,1-2H3,(H,25,28)/p+1/t22-/m0/s1. The van der Waals surface area contributed by atoms with Gasteiger partial charge in [-0.2, -0.15) is 0 Å². The lowest BCUT2D eigenvalue weighted by Gasteiger charge is -2.32. The van der Waals surface area contributed by atoms with Crippen molar-refractivity contribution in [2.24, 2.45) is 0 Å². The second kappa shape index (κ2) is 8.35. The summed E-state index contributed by atoms with van der Waals surface area (Å²) in [5, 5.41) is 4.17. The average Bonchev–Trinajstić information content (AvgIpc) is 3.03. The van der Waals surface area contributed by atoms with Crippen molar-refractivity contribution in [3.8, 4) is 0 Å². The zero-order chi connectivity index (χ0) is 20.4. The molecule has 1 fully saturated rings. The Morgan fingerprint density at radius 3 is 2.62 bits per heavy atom. The van der Waals surface area contributed by atoms with Crippen LogP contribution in [-0.2, 0) is 4.74 Å². The molecule has 1 aliphatic heterocycles. The predicted molar refractivity (Wildman–Crippen MR) is 111 cm³/mol. The Labute approximate surface area is 169 Å². The summed E-state index contributed by atoms with van der Waals surface area (Å²) in [4.78, 5) is 17.5. The Morgan fingerprint density at radius 2 is 1.90 bits per heavy atom. The van der Waals surface area contributed by atoms with Crippen LogP contribution in [0.15, 0.2) is 42.5 Å². The van der Waals surface area contributed by atoms with Gasteiger partial charge in [0, 0.05) is 27.7 Å². The maximum Gasteiger partial charge on any atom is 0.251 e. The number of ether oxygens (including phenoxy) is 1. The number of morpholine rings is 1. The van der Waals surface area contributed by atoms with Crippen molar-refractivity contribution >= 4 is 16.8 Å². The molecular weight excluding hydrogens is 369 g/mol. The van der Waals surface area contributed by atoms with Gasteiger partial charge in [-0.25, -0.2) is 4.39 Å². The molecule has 0 saturated carbocycles. The first-order valence-corrected chi connectivity index (χ1v) is 10.1. The molecule has 1 aliphatic rings. The summed E-state index contributed by atoms with van der Waals surface area (Å²) in [5.41, 5.74) is 4.99. The van der Waals surface area contributed by atoms with Gasteiger partial charge in [0.1, 0.15) is 24.9 Å². The topological polar surface area (TPSA) is 58.6 Å². The lowest BCUT2D eigenvalue weighted by Crippen LogP contribution is -3.15. The molecule has 0 unspecified atom stereocenters. The van der Waals surface area contributed by atoms with E-state index in [0.717, 1.165) is 40.8 Å². The average molecular weight is 396 g/mol. The number of halogens is 1. The lowest BCUT2D eigenvalue weighted by molar-refractivity contribution is -0.937. The van der Waals surface area contributed by atoms with E-state index in [0.29, 0.717) is 25.3 Å². The summed E-state index contributed by atoms with van der Waals surface area (Å²) in [6.07, 6.45) is 0. The minimum absolute atomic E-state index is 0.0587. The summed E-state index contributed by atoms with van der Waals surface area (Å²) >= 11 is 0. The Balaban J connectivity index is 1.52. The molecule has 0 aliphatic carbocycles. The predicted octanol–water partition coefficient (Wildman–Crippen LogP) is 2.31. The van der Waals surface area contributed by atoms with Crippen LogP contribution in [0.5, 0.6) is 0 Å². The van der Waals surface area contributed by atoms with Crippen LogP contribution < -0.4 is 10.2 Å². The van der Waals surface area contributed by atoms with E-state index in [1.807, 2.05) is 37.3 Å². The van der Waals surface area contributed by atoms with Gasteiger partial charge in [0.25, 0.3) is 5.91 Å².